The lowest BCUT2D eigenvalue weighted by Crippen LogP contribution is -2.40. The predicted molar refractivity (Wildman–Crippen MR) is 97.3 cm³/mol. The summed E-state index contributed by atoms with van der Waals surface area (Å²) in [4.78, 5) is 0. The number of hydrazone groups is 1. The molecule has 1 fully saturated rings. The molecule has 0 bridgehead atoms. The largest absolute Gasteiger partial charge is 0.359 e. The summed E-state index contributed by atoms with van der Waals surface area (Å²) in [5, 5.41) is 10.7. The number of fused-ring (bicyclic) bond motifs is 1. The Bertz CT molecular complexity index is 670. The van der Waals surface area contributed by atoms with E-state index in [2.05, 4.69) is 40.1 Å². The molecule has 0 spiro atoms. The summed E-state index contributed by atoms with van der Waals surface area (Å²) in [7, 11) is 0. The summed E-state index contributed by atoms with van der Waals surface area (Å²) in [5.41, 5.74) is 4.02. The van der Waals surface area contributed by atoms with Crippen LogP contribution in [0.15, 0.2) is 47.6 Å². The van der Waals surface area contributed by atoms with E-state index >= 15 is 0 Å². The van der Waals surface area contributed by atoms with Crippen LogP contribution in [0, 0.1) is 0 Å². The van der Waals surface area contributed by atoms with E-state index in [9.17, 15) is 0 Å². The molecular formula is C18H21N3S. The highest BCUT2D eigenvalue weighted by molar-refractivity contribution is 7.80. The molecule has 2 N–H and O–H groups in total. The van der Waals surface area contributed by atoms with Gasteiger partial charge in [-0.25, -0.2) is 0 Å². The summed E-state index contributed by atoms with van der Waals surface area (Å²) < 4.78 is 0. The van der Waals surface area contributed by atoms with Crippen molar-refractivity contribution in [3.05, 3.63) is 48.0 Å². The van der Waals surface area contributed by atoms with Gasteiger partial charge in [0.15, 0.2) is 5.11 Å². The molecule has 2 aromatic rings. The molecule has 4 heteroatoms. The van der Waals surface area contributed by atoms with Gasteiger partial charge in [-0.3, -0.25) is 5.43 Å². The van der Waals surface area contributed by atoms with E-state index in [1.807, 2.05) is 24.4 Å². The number of benzene rings is 2. The monoisotopic (exact) mass is 311 g/mol. The van der Waals surface area contributed by atoms with Gasteiger partial charge in [0.1, 0.15) is 0 Å². The fourth-order valence-electron chi connectivity index (χ4n) is 2.99. The smallest absolute Gasteiger partial charge is 0.187 e. The van der Waals surface area contributed by atoms with Crippen LogP contribution in [-0.4, -0.2) is 17.4 Å². The zero-order valence-electron chi connectivity index (χ0n) is 12.6. The van der Waals surface area contributed by atoms with Crippen LogP contribution >= 0.6 is 12.2 Å². The van der Waals surface area contributed by atoms with Gasteiger partial charge in [0.2, 0.25) is 0 Å². The topological polar surface area (TPSA) is 36.4 Å². The van der Waals surface area contributed by atoms with Gasteiger partial charge in [0.05, 0.1) is 6.21 Å². The molecule has 22 heavy (non-hydrogen) atoms. The minimum absolute atomic E-state index is 0.501. The van der Waals surface area contributed by atoms with Gasteiger partial charge in [0.25, 0.3) is 0 Å². The number of nitrogens with zero attached hydrogens (tertiary/aromatic N) is 1. The van der Waals surface area contributed by atoms with Gasteiger partial charge in [-0.2, -0.15) is 5.10 Å². The number of hydrogen-bond acceptors (Lipinski definition) is 2. The highest BCUT2D eigenvalue weighted by atomic mass is 32.1. The lowest BCUT2D eigenvalue weighted by atomic mass is 9.96. The van der Waals surface area contributed by atoms with Crippen LogP contribution in [0.4, 0.5) is 0 Å². The van der Waals surface area contributed by atoms with E-state index in [0.29, 0.717) is 11.2 Å². The molecule has 0 radical (unpaired) electrons. The van der Waals surface area contributed by atoms with Crippen LogP contribution in [0.5, 0.6) is 0 Å². The average molecular weight is 311 g/mol. The van der Waals surface area contributed by atoms with Crippen molar-refractivity contribution in [2.45, 2.75) is 38.1 Å². The second-order valence-electron chi connectivity index (χ2n) is 5.75. The van der Waals surface area contributed by atoms with E-state index in [0.717, 1.165) is 5.56 Å². The summed E-state index contributed by atoms with van der Waals surface area (Å²) in [6.07, 6.45) is 8.16. The van der Waals surface area contributed by atoms with Crippen molar-refractivity contribution in [1.82, 2.24) is 10.7 Å². The fourth-order valence-corrected chi connectivity index (χ4v) is 3.21. The van der Waals surface area contributed by atoms with Crippen LogP contribution in [-0.2, 0) is 0 Å². The van der Waals surface area contributed by atoms with Gasteiger partial charge in [-0.1, -0.05) is 61.7 Å². The van der Waals surface area contributed by atoms with Crippen LogP contribution in [0.2, 0.25) is 0 Å². The minimum atomic E-state index is 0.501. The zero-order chi connectivity index (χ0) is 15.2. The van der Waals surface area contributed by atoms with Gasteiger partial charge < -0.3 is 5.32 Å². The highest BCUT2D eigenvalue weighted by Crippen LogP contribution is 2.17. The van der Waals surface area contributed by atoms with Crippen molar-refractivity contribution in [1.29, 1.82) is 0 Å². The Hall–Kier alpha value is -1.94. The van der Waals surface area contributed by atoms with E-state index in [-0.39, 0.29) is 0 Å². The molecule has 114 valence electrons. The molecule has 1 aliphatic rings. The number of nitrogens with one attached hydrogen (secondary N) is 2. The Balaban J connectivity index is 1.60. The fraction of sp³-hybridized carbons (Fsp3) is 0.333. The maximum atomic E-state index is 5.31. The van der Waals surface area contributed by atoms with Crippen LogP contribution in [0.1, 0.15) is 37.7 Å². The standard InChI is InChI=1S/C18H21N3S/c22-18(20-16-10-2-1-3-11-16)21-19-13-15-9-6-8-14-7-4-5-12-17(14)15/h4-9,12-13,16H,1-3,10-11H2,(H2,20,21,22)/b19-13+. The molecule has 0 aliphatic heterocycles. The van der Waals surface area contributed by atoms with Crippen LogP contribution in [0.3, 0.4) is 0 Å². The van der Waals surface area contributed by atoms with Crippen molar-refractivity contribution in [2.24, 2.45) is 5.10 Å². The third-order valence-corrected chi connectivity index (χ3v) is 4.34. The molecule has 1 aliphatic carbocycles. The van der Waals surface area contributed by atoms with Crippen molar-refractivity contribution in [3.63, 3.8) is 0 Å². The van der Waals surface area contributed by atoms with Crippen molar-refractivity contribution in [2.75, 3.05) is 0 Å². The second kappa shape index (κ2) is 7.36. The molecule has 0 unspecified atom stereocenters. The van der Waals surface area contributed by atoms with Crippen LogP contribution < -0.4 is 10.7 Å². The highest BCUT2D eigenvalue weighted by Gasteiger charge is 2.13. The van der Waals surface area contributed by atoms with Crippen LogP contribution in [0.25, 0.3) is 10.8 Å². The van der Waals surface area contributed by atoms with E-state index in [1.165, 1.54) is 42.9 Å². The van der Waals surface area contributed by atoms with Gasteiger partial charge in [-0.15, -0.1) is 0 Å². The Morgan fingerprint density at radius 3 is 2.68 bits per heavy atom. The van der Waals surface area contributed by atoms with Gasteiger partial charge in [-0.05, 0) is 35.8 Å². The van der Waals surface area contributed by atoms with Crippen molar-refractivity contribution < 1.29 is 0 Å². The Labute approximate surface area is 136 Å². The molecule has 3 rings (SSSR count). The maximum absolute atomic E-state index is 5.31. The summed E-state index contributed by atoms with van der Waals surface area (Å²) in [6, 6.07) is 15.0. The first-order chi connectivity index (χ1) is 10.8. The Morgan fingerprint density at radius 2 is 1.82 bits per heavy atom. The van der Waals surface area contributed by atoms with Gasteiger partial charge in [0, 0.05) is 11.6 Å². The molecule has 0 aromatic heterocycles. The number of thiocarbonyl (C=S) groups is 1. The predicted octanol–water partition coefficient (Wildman–Crippen LogP) is 3.97. The lowest BCUT2D eigenvalue weighted by Gasteiger charge is -2.23. The molecule has 1 saturated carbocycles. The zero-order valence-corrected chi connectivity index (χ0v) is 13.4. The first kappa shape index (κ1) is 15.0. The third kappa shape index (κ3) is 3.83. The lowest BCUT2D eigenvalue weighted by molar-refractivity contribution is 0.412. The summed E-state index contributed by atoms with van der Waals surface area (Å²) in [5.74, 6) is 0. The molecule has 0 amide bonds. The molecule has 3 nitrogen and oxygen atoms in total. The molecule has 2 aromatic carbocycles. The first-order valence-electron chi connectivity index (χ1n) is 7.90. The van der Waals surface area contributed by atoms with E-state index < -0.39 is 0 Å². The average Bonchev–Trinajstić information content (AvgIpc) is 2.56. The Morgan fingerprint density at radius 1 is 1.05 bits per heavy atom. The van der Waals surface area contributed by atoms with Crippen molar-refractivity contribution >= 4 is 34.3 Å². The number of rotatable bonds is 3. The normalized spacial score (nSPS) is 16.0. The number of hydrogen-bond donors (Lipinski definition) is 2. The molecule has 0 saturated heterocycles. The maximum Gasteiger partial charge on any atom is 0.187 e. The minimum Gasteiger partial charge on any atom is -0.359 e. The molecule has 0 heterocycles. The first-order valence-corrected chi connectivity index (χ1v) is 8.31. The Kier molecular flexibility index (Phi) is 5.01. The molecular weight excluding hydrogens is 290 g/mol. The second-order valence-corrected chi connectivity index (χ2v) is 6.16. The summed E-state index contributed by atoms with van der Waals surface area (Å²) >= 11 is 5.31. The van der Waals surface area contributed by atoms with E-state index in [1.54, 1.807) is 0 Å². The third-order valence-electron chi connectivity index (χ3n) is 4.13. The quantitative estimate of drug-likeness (QED) is 0.511. The summed E-state index contributed by atoms with van der Waals surface area (Å²) in [6.45, 7) is 0. The SMILES string of the molecule is S=C(N/N=C/c1cccc2ccccc12)NC1CCCCC1. The molecule has 0 atom stereocenters. The van der Waals surface area contributed by atoms with E-state index in [4.69, 9.17) is 12.2 Å². The van der Waals surface area contributed by atoms with Gasteiger partial charge >= 0.3 is 0 Å². The van der Waals surface area contributed by atoms with Crippen molar-refractivity contribution in [3.8, 4) is 0 Å².